The van der Waals surface area contributed by atoms with Gasteiger partial charge in [0.05, 0.1) is 12.1 Å². The van der Waals surface area contributed by atoms with E-state index in [1.54, 1.807) is 0 Å². The molecule has 2 N–H and O–H groups in total. The maximum absolute atomic E-state index is 4.12. The number of hydrogen-bond donors (Lipinski definition) is 2. The van der Waals surface area contributed by atoms with Gasteiger partial charge in [0.2, 0.25) is 0 Å². The average molecular weight is 475 g/mol. The largest absolute Gasteiger partial charge is 0.375 e. The van der Waals surface area contributed by atoms with Gasteiger partial charge in [-0.25, -0.2) is 0 Å². The summed E-state index contributed by atoms with van der Waals surface area (Å²) < 4.78 is 0. The van der Waals surface area contributed by atoms with Crippen LogP contribution in [0.1, 0.15) is 85.0 Å². The molecular weight excluding hydrogens is 436 g/mol. The zero-order valence-corrected chi connectivity index (χ0v) is 22.4. The molecule has 1 aliphatic rings. The van der Waals surface area contributed by atoms with Gasteiger partial charge in [0, 0.05) is 11.4 Å². The maximum Gasteiger partial charge on any atom is 0.0763 e. The van der Waals surface area contributed by atoms with Gasteiger partial charge in [0.15, 0.2) is 0 Å². The van der Waals surface area contributed by atoms with E-state index in [4.69, 9.17) is 0 Å². The third kappa shape index (κ3) is 4.30. The number of aryl methyl sites for hydroxylation is 2. The Bertz CT molecular complexity index is 1340. The summed E-state index contributed by atoms with van der Waals surface area (Å²) in [6, 6.07) is 31.3. The van der Waals surface area contributed by atoms with Crippen molar-refractivity contribution in [1.29, 1.82) is 0 Å². The van der Waals surface area contributed by atoms with Crippen LogP contribution in [0.15, 0.2) is 84.9 Å². The third-order valence-corrected chi connectivity index (χ3v) is 7.67. The van der Waals surface area contributed by atoms with Crippen molar-refractivity contribution < 1.29 is 0 Å². The number of rotatable bonds is 6. The first-order valence-electron chi connectivity index (χ1n) is 13.3. The lowest BCUT2D eigenvalue weighted by molar-refractivity contribution is 0.637. The van der Waals surface area contributed by atoms with Gasteiger partial charge in [-0.2, -0.15) is 0 Å². The van der Waals surface area contributed by atoms with E-state index in [-0.39, 0.29) is 12.1 Å². The Morgan fingerprint density at radius 1 is 0.500 bits per heavy atom. The molecule has 0 amide bonds. The highest BCUT2D eigenvalue weighted by Crippen LogP contribution is 2.49. The van der Waals surface area contributed by atoms with Crippen molar-refractivity contribution in [3.8, 4) is 11.1 Å². The van der Waals surface area contributed by atoms with Crippen molar-refractivity contribution in [2.75, 3.05) is 10.6 Å². The molecule has 2 nitrogen and oxygen atoms in total. The van der Waals surface area contributed by atoms with Gasteiger partial charge in [-0.15, -0.1) is 0 Å². The minimum absolute atomic E-state index is 0.0764. The molecule has 0 aromatic heterocycles. The Morgan fingerprint density at radius 3 is 1.39 bits per heavy atom. The quantitative estimate of drug-likeness (QED) is 0.291. The second kappa shape index (κ2) is 9.85. The molecule has 0 radical (unpaired) electrons. The molecule has 2 atom stereocenters. The molecule has 4 aromatic rings. The molecule has 0 heterocycles. The minimum atomic E-state index is 0.0764. The highest BCUT2D eigenvalue weighted by molar-refractivity contribution is 5.78. The number of fused-ring (bicyclic) bond motifs is 3. The number of nitrogens with one attached hydrogen (secondary N) is 2. The number of hydrogen-bond acceptors (Lipinski definition) is 2. The summed E-state index contributed by atoms with van der Waals surface area (Å²) in [4.78, 5) is 0. The summed E-state index contributed by atoms with van der Waals surface area (Å²) in [5, 5.41) is 8.14. The molecule has 2 heteroatoms. The van der Waals surface area contributed by atoms with E-state index in [1.165, 1.54) is 55.9 Å². The predicted octanol–water partition coefficient (Wildman–Crippen LogP) is 9.54. The van der Waals surface area contributed by atoms with Crippen LogP contribution in [0.2, 0.25) is 0 Å². The van der Waals surface area contributed by atoms with Gasteiger partial charge in [0.1, 0.15) is 0 Å². The molecular formula is C34H38N2. The summed E-state index contributed by atoms with van der Waals surface area (Å²) in [5.74, 6) is 0.865. The van der Waals surface area contributed by atoms with Crippen molar-refractivity contribution in [3.63, 3.8) is 0 Å². The predicted molar refractivity (Wildman–Crippen MR) is 155 cm³/mol. The second-order valence-electron chi connectivity index (χ2n) is 10.8. The minimum Gasteiger partial charge on any atom is -0.375 e. The van der Waals surface area contributed by atoms with E-state index in [0.29, 0.717) is 11.8 Å². The number of anilines is 2. The zero-order valence-electron chi connectivity index (χ0n) is 22.4. The summed E-state index contributed by atoms with van der Waals surface area (Å²) in [5.41, 5.74) is 13.1. The summed E-state index contributed by atoms with van der Waals surface area (Å²) >= 11 is 0. The number of benzene rings is 4. The number of para-hydroxylation sites is 2. The van der Waals surface area contributed by atoms with Crippen LogP contribution >= 0.6 is 0 Å². The molecule has 0 aliphatic heterocycles. The molecule has 5 rings (SSSR count). The normalized spacial score (nSPS) is 16.6. The van der Waals surface area contributed by atoms with Crippen LogP contribution in [0, 0.1) is 13.8 Å². The molecule has 0 bridgehead atoms. The standard InChI is InChI=1S/C34H38N2/c1-21(2)25-19-12-20-26(22(3)4)32(25)36-34-30-18-10-8-16-28(30)27-15-7-9-17-29(27)33(34)35-31-23(5)13-11-14-24(31)6/h7-22,33-36H,1-6H3/t33-,34+/m0/s1. The highest BCUT2D eigenvalue weighted by Gasteiger charge is 2.35. The van der Waals surface area contributed by atoms with Crippen LogP contribution in [0.4, 0.5) is 11.4 Å². The van der Waals surface area contributed by atoms with Crippen LogP contribution < -0.4 is 10.6 Å². The van der Waals surface area contributed by atoms with Crippen LogP contribution in [0.5, 0.6) is 0 Å². The smallest absolute Gasteiger partial charge is 0.0763 e. The summed E-state index contributed by atoms with van der Waals surface area (Å²) in [6.07, 6.45) is 0. The van der Waals surface area contributed by atoms with Gasteiger partial charge in [0.25, 0.3) is 0 Å². The SMILES string of the molecule is Cc1cccc(C)c1N[C@H]1c2ccccc2-c2ccccc2[C@H]1Nc1c(C(C)C)cccc1C(C)C. The molecule has 184 valence electrons. The molecule has 0 fully saturated rings. The first-order valence-corrected chi connectivity index (χ1v) is 13.3. The van der Waals surface area contributed by atoms with Gasteiger partial charge in [-0.05, 0) is 70.2 Å². The van der Waals surface area contributed by atoms with Crippen molar-refractivity contribution in [3.05, 3.63) is 118 Å². The molecule has 36 heavy (non-hydrogen) atoms. The molecule has 0 saturated carbocycles. The van der Waals surface area contributed by atoms with E-state index in [2.05, 4.69) is 137 Å². The van der Waals surface area contributed by atoms with Crippen LogP contribution in [0.25, 0.3) is 11.1 Å². The van der Waals surface area contributed by atoms with E-state index in [0.717, 1.165) is 0 Å². The van der Waals surface area contributed by atoms with Gasteiger partial charge >= 0.3 is 0 Å². The molecule has 1 aliphatic carbocycles. The van der Waals surface area contributed by atoms with Crippen molar-refractivity contribution in [2.45, 2.75) is 65.5 Å². The second-order valence-corrected chi connectivity index (χ2v) is 10.8. The Labute approximate surface area is 216 Å². The lowest BCUT2D eigenvalue weighted by atomic mass is 9.78. The fourth-order valence-electron chi connectivity index (χ4n) is 5.78. The maximum atomic E-state index is 4.12. The molecule has 0 unspecified atom stereocenters. The Morgan fingerprint density at radius 2 is 0.917 bits per heavy atom. The van der Waals surface area contributed by atoms with Crippen molar-refractivity contribution >= 4 is 11.4 Å². The van der Waals surface area contributed by atoms with Crippen LogP contribution in [-0.4, -0.2) is 0 Å². The Kier molecular flexibility index (Phi) is 6.62. The highest BCUT2D eigenvalue weighted by atomic mass is 15.0. The monoisotopic (exact) mass is 474 g/mol. The fourth-order valence-corrected chi connectivity index (χ4v) is 5.78. The first kappa shape index (κ1) is 24.2. The van der Waals surface area contributed by atoms with Crippen molar-refractivity contribution in [2.24, 2.45) is 0 Å². The molecule has 0 saturated heterocycles. The lowest BCUT2D eigenvalue weighted by Gasteiger charge is -2.39. The van der Waals surface area contributed by atoms with Crippen molar-refractivity contribution in [1.82, 2.24) is 0 Å². The van der Waals surface area contributed by atoms with E-state index >= 15 is 0 Å². The van der Waals surface area contributed by atoms with Gasteiger partial charge in [-0.3, -0.25) is 0 Å². The Hall–Kier alpha value is -3.52. The van der Waals surface area contributed by atoms with E-state index in [9.17, 15) is 0 Å². The van der Waals surface area contributed by atoms with Crippen LogP contribution in [0.3, 0.4) is 0 Å². The summed E-state index contributed by atoms with van der Waals surface area (Å²) in [6.45, 7) is 13.6. The molecule has 4 aromatic carbocycles. The fraction of sp³-hybridized carbons (Fsp3) is 0.294. The van der Waals surface area contributed by atoms with E-state index < -0.39 is 0 Å². The van der Waals surface area contributed by atoms with Gasteiger partial charge < -0.3 is 10.6 Å². The Balaban J connectivity index is 1.71. The zero-order chi connectivity index (χ0) is 25.4. The lowest BCUT2D eigenvalue weighted by Crippen LogP contribution is -2.30. The third-order valence-electron chi connectivity index (χ3n) is 7.67. The van der Waals surface area contributed by atoms with Gasteiger partial charge in [-0.1, -0.05) is 113 Å². The van der Waals surface area contributed by atoms with Crippen LogP contribution in [-0.2, 0) is 0 Å². The van der Waals surface area contributed by atoms with E-state index in [1.807, 2.05) is 0 Å². The first-order chi connectivity index (χ1) is 17.4. The topological polar surface area (TPSA) is 24.1 Å². The molecule has 0 spiro atoms. The average Bonchev–Trinajstić information content (AvgIpc) is 2.87. The summed E-state index contributed by atoms with van der Waals surface area (Å²) in [7, 11) is 0.